The molecule has 80 valence electrons. The van der Waals surface area contributed by atoms with E-state index in [4.69, 9.17) is 0 Å². The average Bonchev–Trinajstić information content (AvgIpc) is 2.14. The standard InChI is InChI=1S/C10H16O4/c1-8(11)6-7-9(12)4-3-5-10(13)14-2/h3-7H2,1-2H3. The molecule has 0 unspecified atom stereocenters. The van der Waals surface area contributed by atoms with Gasteiger partial charge in [-0.1, -0.05) is 0 Å². The van der Waals surface area contributed by atoms with Crippen LogP contribution in [0.5, 0.6) is 0 Å². The maximum Gasteiger partial charge on any atom is 0.305 e. The lowest BCUT2D eigenvalue weighted by Crippen LogP contribution is -2.04. The normalized spacial score (nSPS) is 9.57. The van der Waals surface area contributed by atoms with Gasteiger partial charge in [0.1, 0.15) is 11.6 Å². The molecule has 0 aromatic rings. The molecule has 0 saturated carbocycles. The predicted octanol–water partition coefficient (Wildman–Crippen LogP) is 1.27. The number of hydrogen-bond acceptors (Lipinski definition) is 4. The van der Waals surface area contributed by atoms with Crippen LogP contribution in [0.3, 0.4) is 0 Å². The summed E-state index contributed by atoms with van der Waals surface area (Å²) >= 11 is 0. The molecule has 0 saturated heterocycles. The van der Waals surface area contributed by atoms with Crippen molar-refractivity contribution >= 4 is 17.5 Å². The molecular weight excluding hydrogens is 184 g/mol. The van der Waals surface area contributed by atoms with Crippen molar-refractivity contribution < 1.29 is 19.1 Å². The van der Waals surface area contributed by atoms with Crippen molar-refractivity contribution in [3.63, 3.8) is 0 Å². The third-order valence-electron chi connectivity index (χ3n) is 1.82. The molecule has 0 fully saturated rings. The van der Waals surface area contributed by atoms with Gasteiger partial charge in [0.2, 0.25) is 0 Å². The zero-order chi connectivity index (χ0) is 11.0. The fourth-order valence-electron chi connectivity index (χ4n) is 0.972. The number of ketones is 2. The second-order valence-electron chi connectivity index (χ2n) is 3.17. The number of esters is 1. The smallest absolute Gasteiger partial charge is 0.305 e. The van der Waals surface area contributed by atoms with Crippen LogP contribution < -0.4 is 0 Å². The second-order valence-corrected chi connectivity index (χ2v) is 3.17. The summed E-state index contributed by atoms with van der Waals surface area (Å²) < 4.78 is 4.43. The molecule has 0 aliphatic rings. The van der Waals surface area contributed by atoms with E-state index in [0.717, 1.165) is 0 Å². The maximum absolute atomic E-state index is 11.1. The fourth-order valence-corrected chi connectivity index (χ4v) is 0.972. The van der Waals surface area contributed by atoms with Crippen LogP contribution >= 0.6 is 0 Å². The summed E-state index contributed by atoms with van der Waals surface area (Å²) in [5.74, 6) is -0.250. The van der Waals surface area contributed by atoms with Crippen molar-refractivity contribution in [3.8, 4) is 0 Å². The van der Waals surface area contributed by atoms with Gasteiger partial charge >= 0.3 is 5.97 Å². The third-order valence-corrected chi connectivity index (χ3v) is 1.82. The second kappa shape index (κ2) is 7.24. The van der Waals surface area contributed by atoms with E-state index in [1.807, 2.05) is 0 Å². The molecule has 0 aromatic heterocycles. The minimum Gasteiger partial charge on any atom is -0.469 e. The van der Waals surface area contributed by atoms with E-state index >= 15 is 0 Å². The van der Waals surface area contributed by atoms with Gasteiger partial charge in [0.05, 0.1) is 7.11 Å². The van der Waals surface area contributed by atoms with Crippen LogP contribution in [0.4, 0.5) is 0 Å². The van der Waals surface area contributed by atoms with E-state index in [9.17, 15) is 14.4 Å². The lowest BCUT2D eigenvalue weighted by atomic mass is 10.1. The number of rotatable bonds is 7. The van der Waals surface area contributed by atoms with Gasteiger partial charge in [-0.3, -0.25) is 9.59 Å². The molecule has 0 N–H and O–H groups in total. The lowest BCUT2D eigenvalue weighted by molar-refractivity contribution is -0.140. The average molecular weight is 200 g/mol. The van der Waals surface area contributed by atoms with Crippen LogP contribution in [0.1, 0.15) is 39.0 Å². The maximum atomic E-state index is 11.1. The number of carbonyl (C=O) groups is 3. The largest absolute Gasteiger partial charge is 0.469 e. The van der Waals surface area contributed by atoms with Gasteiger partial charge in [-0.2, -0.15) is 0 Å². The Bertz CT molecular complexity index is 220. The van der Waals surface area contributed by atoms with E-state index < -0.39 is 0 Å². The molecule has 4 nitrogen and oxygen atoms in total. The van der Waals surface area contributed by atoms with E-state index in [1.54, 1.807) is 0 Å². The van der Waals surface area contributed by atoms with Crippen molar-refractivity contribution in [3.05, 3.63) is 0 Å². The molecule has 0 aliphatic carbocycles. The number of Topliss-reactive ketones (excluding diaryl/α,β-unsaturated/α-hetero) is 2. The zero-order valence-electron chi connectivity index (χ0n) is 8.67. The van der Waals surface area contributed by atoms with Crippen molar-refractivity contribution in [2.24, 2.45) is 0 Å². The van der Waals surface area contributed by atoms with Gasteiger partial charge in [-0.15, -0.1) is 0 Å². The van der Waals surface area contributed by atoms with Crippen LogP contribution in [0.25, 0.3) is 0 Å². The summed E-state index contributed by atoms with van der Waals surface area (Å²) in [6, 6.07) is 0. The molecular formula is C10H16O4. The Kier molecular flexibility index (Phi) is 6.62. The molecule has 0 radical (unpaired) electrons. The van der Waals surface area contributed by atoms with E-state index in [1.165, 1.54) is 14.0 Å². The monoisotopic (exact) mass is 200 g/mol. The zero-order valence-corrected chi connectivity index (χ0v) is 8.67. The number of ether oxygens (including phenoxy) is 1. The quantitative estimate of drug-likeness (QED) is 0.580. The Morgan fingerprint density at radius 2 is 1.64 bits per heavy atom. The summed E-state index contributed by atoms with van der Waals surface area (Å²) in [7, 11) is 1.32. The van der Waals surface area contributed by atoms with Crippen molar-refractivity contribution in [2.75, 3.05) is 7.11 Å². The minimum atomic E-state index is -0.302. The number of carbonyl (C=O) groups excluding carboxylic acids is 3. The highest BCUT2D eigenvalue weighted by molar-refractivity contribution is 5.85. The first-order valence-corrected chi connectivity index (χ1v) is 4.64. The van der Waals surface area contributed by atoms with E-state index in [-0.39, 0.29) is 30.4 Å². The predicted molar refractivity (Wildman–Crippen MR) is 50.8 cm³/mol. The summed E-state index contributed by atoms with van der Waals surface area (Å²) in [6.07, 6.45) is 1.71. The highest BCUT2D eigenvalue weighted by Crippen LogP contribution is 2.02. The van der Waals surface area contributed by atoms with Crippen LogP contribution in [-0.2, 0) is 19.1 Å². The topological polar surface area (TPSA) is 60.4 Å². The molecule has 0 heterocycles. The summed E-state index contributed by atoms with van der Waals surface area (Å²) in [5, 5.41) is 0. The van der Waals surface area contributed by atoms with E-state index in [2.05, 4.69) is 4.74 Å². The Hall–Kier alpha value is -1.19. The first kappa shape index (κ1) is 12.8. The van der Waals surface area contributed by atoms with E-state index in [0.29, 0.717) is 19.3 Å². The van der Waals surface area contributed by atoms with Crippen LogP contribution in [0.15, 0.2) is 0 Å². The number of hydrogen-bond donors (Lipinski definition) is 0. The highest BCUT2D eigenvalue weighted by Gasteiger charge is 2.06. The van der Waals surface area contributed by atoms with Crippen molar-refractivity contribution in [2.45, 2.75) is 39.0 Å². The molecule has 0 amide bonds. The number of methoxy groups -OCH3 is 1. The van der Waals surface area contributed by atoms with Gasteiger partial charge in [0.25, 0.3) is 0 Å². The third kappa shape index (κ3) is 7.46. The van der Waals surface area contributed by atoms with Gasteiger partial charge in [-0.05, 0) is 13.3 Å². The summed E-state index contributed by atoms with van der Waals surface area (Å²) in [5.41, 5.74) is 0. The molecule has 4 heteroatoms. The Labute approximate surface area is 83.6 Å². The summed E-state index contributed by atoms with van der Waals surface area (Å²) in [6.45, 7) is 1.46. The minimum absolute atomic E-state index is 0.0197. The van der Waals surface area contributed by atoms with Crippen molar-refractivity contribution in [1.82, 2.24) is 0 Å². The van der Waals surface area contributed by atoms with Gasteiger partial charge in [-0.25, -0.2) is 0 Å². The van der Waals surface area contributed by atoms with Crippen molar-refractivity contribution in [1.29, 1.82) is 0 Å². The Balaban J connectivity index is 3.45. The van der Waals surface area contributed by atoms with Crippen LogP contribution in [-0.4, -0.2) is 24.6 Å². The Morgan fingerprint density at radius 3 is 2.14 bits per heavy atom. The lowest BCUT2D eigenvalue weighted by Gasteiger charge is -1.99. The molecule has 0 spiro atoms. The first-order chi connectivity index (χ1) is 6.56. The van der Waals surface area contributed by atoms with Gasteiger partial charge in [0, 0.05) is 25.7 Å². The van der Waals surface area contributed by atoms with Gasteiger partial charge < -0.3 is 9.53 Å². The van der Waals surface area contributed by atoms with Crippen LogP contribution in [0, 0.1) is 0 Å². The molecule has 0 aromatic carbocycles. The molecule has 0 atom stereocenters. The highest BCUT2D eigenvalue weighted by atomic mass is 16.5. The van der Waals surface area contributed by atoms with Gasteiger partial charge in [0.15, 0.2) is 0 Å². The Morgan fingerprint density at radius 1 is 1.00 bits per heavy atom. The first-order valence-electron chi connectivity index (χ1n) is 4.64. The molecule has 0 aliphatic heterocycles. The fraction of sp³-hybridized carbons (Fsp3) is 0.700. The van der Waals surface area contributed by atoms with Crippen LogP contribution in [0.2, 0.25) is 0 Å². The molecule has 14 heavy (non-hydrogen) atoms. The molecule has 0 rings (SSSR count). The summed E-state index contributed by atoms with van der Waals surface area (Å²) in [4.78, 5) is 32.3. The molecule has 0 bridgehead atoms. The SMILES string of the molecule is COC(=O)CCCC(=O)CCC(C)=O.